The topological polar surface area (TPSA) is 115 Å². The number of hydrogen-bond donors (Lipinski definition) is 3. The summed E-state index contributed by atoms with van der Waals surface area (Å²) in [5.41, 5.74) is 0.713. The van der Waals surface area contributed by atoms with Gasteiger partial charge in [-0.3, -0.25) is 14.8 Å². The molecule has 2 aromatic rings. The zero-order valence-electron chi connectivity index (χ0n) is 18.4. The zero-order valence-corrected chi connectivity index (χ0v) is 18.4. The number of alkyl halides is 5. The summed E-state index contributed by atoms with van der Waals surface area (Å²) in [6, 6.07) is 3.18. The fourth-order valence-electron chi connectivity index (χ4n) is 4.01. The van der Waals surface area contributed by atoms with Crippen molar-refractivity contribution in [3.05, 3.63) is 53.4 Å². The van der Waals surface area contributed by atoms with Crippen molar-refractivity contribution in [2.45, 2.75) is 44.3 Å². The Morgan fingerprint density at radius 1 is 1.25 bits per heavy atom. The van der Waals surface area contributed by atoms with Crippen molar-refractivity contribution in [3.63, 3.8) is 0 Å². The van der Waals surface area contributed by atoms with Gasteiger partial charge in [-0.15, -0.1) is 0 Å². The van der Waals surface area contributed by atoms with Gasteiger partial charge in [0, 0.05) is 34.3 Å². The predicted molar refractivity (Wildman–Crippen MR) is 105 cm³/mol. The van der Waals surface area contributed by atoms with Crippen LogP contribution in [0.15, 0.2) is 30.5 Å². The molecule has 1 saturated heterocycles. The van der Waals surface area contributed by atoms with E-state index in [0.717, 1.165) is 31.3 Å². The molecule has 36 heavy (non-hydrogen) atoms. The summed E-state index contributed by atoms with van der Waals surface area (Å²) in [5, 5.41) is 11.8. The van der Waals surface area contributed by atoms with Crippen molar-refractivity contribution in [2.24, 2.45) is 11.7 Å². The average Bonchev–Trinajstić information content (AvgIpc) is 3.04. The number of amides is 2. The number of primary amides is 1. The summed E-state index contributed by atoms with van der Waals surface area (Å²) in [4.78, 5) is 24.5. The van der Waals surface area contributed by atoms with Crippen LogP contribution in [0.5, 0.6) is 5.75 Å². The van der Waals surface area contributed by atoms with E-state index in [0.29, 0.717) is 17.7 Å². The van der Waals surface area contributed by atoms with Gasteiger partial charge in [-0.2, -0.15) is 26.3 Å². The highest BCUT2D eigenvalue weighted by Crippen LogP contribution is 2.55. The van der Waals surface area contributed by atoms with Crippen LogP contribution < -0.4 is 20.5 Å². The number of benzene rings is 1. The molecule has 1 aliphatic rings. The Kier molecular flexibility index (Phi) is 7.08. The third kappa shape index (κ3) is 4.74. The number of carbonyl (C=O) groups is 2. The van der Waals surface area contributed by atoms with Crippen molar-refractivity contribution < 1.29 is 59.7 Å². The third-order valence-electron chi connectivity index (χ3n) is 6.03. The minimum atomic E-state index is -5.07. The Bertz CT molecular complexity index is 1190. The number of carbonyl (C=O) groups excluding carboxylic acids is 2. The van der Waals surface area contributed by atoms with Crippen molar-refractivity contribution in [2.75, 3.05) is 5.32 Å². The van der Waals surface area contributed by atoms with Crippen LogP contribution in [0.3, 0.4) is 0 Å². The van der Waals surface area contributed by atoms with Crippen LogP contribution in [0.4, 0.5) is 36.4 Å². The molecule has 1 aromatic heterocycles. The molecule has 0 bridgehead atoms. The first-order valence-electron chi connectivity index (χ1n) is 10.1. The van der Waals surface area contributed by atoms with Gasteiger partial charge in [0.25, 0.3) is 5.91 Å². The lowest BCUT2D eigenvalue weighted by atomic mass is 9.77. The standard InChI is InChI=1S/C21H18F7N3O5/c1-8-13(10-3-4-11(22)14(23)15(10)35-19(24)25)16(36-20(8,2)21(26,27)28)18(33)30-9-5-6-31(34)12(7-9)17(29)32/h3-8,13,16,19,34H,1-2H3,(H2,29,32)/p+1/t8-,13+,16-,20-/m0/s1. The summed E-state index contributed by atoms with van der Waals surface area (Å²) in [6.45, 7) is -2.05. The Hall–Kier alpha value is -3.62. The van der Waals surface area contributed by atoms with Crippen LogP contribution in [-0.2, 0) is 9.53 Å². The minimum absolute atomic E-state index is 0.205. The van der Waals surface area contributed by atoms with Crippen LogP contribution in [0.2, 0.25) is 0 Å². The van der Waals surface area contributed by atoms with Gasteiger partial charge in [0.2, 0.25) is 12.0 Å². The summed E-state index contributed by atoms with van der Waals surface area (Å²) in [6.07, 6.45) is -6.25. The molecule has 8 nitrogen and oxygen atoms in total. The van der Waals surface area contributed by atoms with Gasteiger partial charge >= 0.3 is 24.4 Å². The predicted octanol–water partition coefficient (Wildman–Crippen LogP) is 3.27. The molecular formula is C21H19F7N3O5+. The van der Waals surface area contributed by atoms with E-state index in [-0.39, 0.29) is 5.69 Å². The number of halogens is 7. The molecule has 3 rings (SSSR count). The number of aromatic nitrogens is 1. The van der Waals surface area contributed by atoms with Crippen LogP contribution in [-0.4, -0.2) is 41.5 Å². The molecule has 2 amide bonds. The van der Waals surface area contributed by atoms with Gasteiger partial charge in [0.05, 0.1) is 5.69 Å². The Morgan fingerprint density at radius 2 is 1.89 bits per heavy atom. The largest absolute Gasteiger partial charge is 0.431 e. The third-order valence-corrected chi connectivity index (χ3v) is 6.03. The molecule has 0 aliphatic carbocycles. The maximum absolute atomic E-state index is 14.4. The average molecular weight is 526 g/mol. The first-order valence-corrected chi connectivity index (χ1v) is 10.1. The number of nitrogens with zero attached hydrogens (tertiary/aromatic N) is 1. The molecule has 0 spiro atoms. The van der Waals surface area contributed by atoms with Gasteiger partial charge in [-0.05, 0) is 13.0 Å². The molecule has 0 radical (unpaired) electrons. The molecule has 1 fully saturated rings. The van der Waals surface area contributed by atoms with Crippen molar-refractivity contribution >= 4 is 17.5 Å². The molecule has 1 aliphatic heterocycles. The quantitative estimate of drug-likeness (QED) is 0.304. The molecule has 0 saturated carbocycles. The second-order valence-corrected chi connectivity index (χ2v) is 8.11. The van der Waals surface area contributed by atoms with E-state index in [9.17, 15) is 45.5 Å². The SMILES string of the molecule is C[C@H]1[C@H](c2ccc(F)c(F)c2OC(F)F)[C@@H](C(=O)Nc2cc[n+](O)c(C(N)=O)c2)O[C@]1(C)C(F)(F)F. The summed E-state index contributed by atoms with van der Waals surface area (Å²) in [7, 11) is 0. The number of nitrogens with two attached hydrogens (primary N) is 1. The number of anilines is 1. The Labute approximate surface area is 198 Å². The van der Waals surface area contributed by atoms with E-state index in [4.69, 9.17) is 10.5 Å². The smallest absolute Gasteiger partial charge is 0.417 e. The second-order valence-electron chi connectivity index (χ2n) is 8.11. The van der Waals surface area contributed by atoms with Gasteiger partial charge in [-0.1, -0.05) is 13.0 Å². The number of hydrogen-bond acceptors (Lipinski definition) is 5. The molecule has 2 heterocycles. The lowest BCUT2D eigenvalue weighted by Gasteiger charge is -2.32. The summed E-state index contributed by atoms with van der Waals surface area (Å²) >= 11 is 0. The van der Waals surface area contributed by atoms with Crippen molar-refractivity contribution in [1.29, 1.82) is 0 Å². The monoisotopic (exact) mass is 526 g/mol. The fourth-order valence-corrected chi connectivity index (χ4v) is 4.01. The lowest BCUT2D eigenvalue weighted by molar-refractivity contribution is -0.905. The van der Waals surface area contributed by atoms with Crippen LogP contribution >= 0.6 is 0 Å². The fraction of sp³-hybridized carbons (Fsp3) is 0.381. The van der Waals surface area contributed by atoms with Crippen molar-refractivity contribution in [1.82, 2.24) is 0 Å². The molecule has 4 N–H and O–H groups in total. The van der Waals surface area contributed by atoms with Crippen LogP contribution in [0, 0.1) is 17.6 Å². The van der Waals surface area contributed by atoms with Gasteiger partial charge in [0.1, 0.15) is 6.10 Å². The molecule has 0 unspecified atom stereocenters. The highest BCUT2D eigenvalue weighted by atomic mass is 19.4. The Morgan fingerprint density at radius 3 is 2.44 bits per heavy atom. The molecule has 196 valence electrons. The first kappa shape index (κ1) is 27.0. The first-order chi connectivity index (χ1) is 16.6. The van der Waals surface area contributed by atoms with Gasteiger partial charge in [-0.25, -0.2) is 4.39 Å². The second kappa shape index (κ2) is 9.44. The molecule has 1 aromatic carbocycles. The highest BCUT2D eigenvalue weighted by Gasteiger charge is 2.66. The molecule has 15 heteroatoms. The van der Waals surface area contributed by atoms with Gasteiger partial charge < -0.3 is 20.5 Å². The van der Waals surface area contributed by atoms with E-state index >= 15 is 0 Å². The van der Waals surface area contributed by atoms with Crippen LogP contribution in [0.1, 0.15) is 35.8 Å². The maximum Gasteiger partial charge on any atom is 0.417 e. The van der Waals surface area contributed by atoms with Gasteiger partial charge in [0.15, 0.2) is 17.2 Å². The number of pyridine rings is 1. The Balaban J connectivity index is 2.11. The molecule has 4 atom stereocenters. The van der Waals surface area contributed by atoms with Crippen LogP contribution in [0.25, 0.3) is 0 Å². The lowest BCUT2D eigenvalue weighted by Crippen LogP contribution is -2.47. The zero-order chi connectivity index (χ0) is 27.2. The van der Waals surface area contributed by atoms with E-state index in [1.54, 1.807) is 0 Å². The normalized spacial score (nSPS) is 24.1. The van der Waals surface area contributed by atoms with Crippen molar-refractivity contribution in [3.8, 4) is 5.75 Å². The number of nitrogens with one attached hydrogen (secondary N) is 1. The van der Waals surface area contributed by atoms with E-state index in [2.05, 4.69) is 10.1 Å². The molecular weight excluding hydrogens is 507 g/mol. The van der Waals surface area contributed by atoms with E-state index in [1.165, 1.54) is 0 Å². The maximum atomic E-state index is 14.4. The number of ether oxygens (including phenoxy) is 2. The number of rotatable bonds is 6. The summed E-state index contributed by atoms with van der Waals surface area (Å²) in [5.74, 6) is -10.7. The minimum Gasteiger partial charge on any atom is -0.431 e. The highest BCUT2D eigenvalue weighted by molar-refractivity contribution is 5.97. The van der Waals surface area contributed by atoms with E-state index < -0.39 is 76.8 Å². The van der Waals surface area contributed by atoms with E-state index in [1.807, 2.05) is 0 Å². The summed E-state index contributed by atoms with van der Waals surface area (Å²) < 4.78 is 105.